The number of aromatic nitrogens is 3. The Morgan fingerprint density at radius 1 is 1.16 bits per heavy atom. The number of anilines is 1. The molecule has 1 saturated carbocycles. The van der Waals surface area contributed by atoms with Gasteiger partial charge in [0.2, 0.25) is 0 Å². The maximum Gasteiger partial charge on any atom is 0.154 e. The molecular formula is C19H29N5O. The van der Waals surface area contributed by atoms with Gasteiger partial charge in [-0.1, -0.05) is 13.8 Å². The van der Waals surface area contributed by atoms with E-state index >= 15 is 0 Å². The SMILES string of the molecule is CC(C)c1ccn2ncnc(NC3CCC(N4CCOCC4)CC3)c12. The fraction of sp³-hybridized carbons (Fsp3) is 0.684. The van der Waals surface area contributed by atoms with Gasteiger partial charge in [-0.25, -0.2) is 9.50 Å². The van der Waals surface area contributed by atoms with E-state index in [0.29, 0.717) is 12.0 Å². The van der Waals surface area contributed by atoms with Gasteiger partial charge < -0.3 is 10.1 Å². The van der Waals surface area contributed by atoms with E-state index in [4.69, 9.17) is 4.74 Å². The average Bonchev–Trinajstić information content (AvgIpc) is 3.09. The zero-order valence-electron chi connectivity index (χ0n) is 15.3. The van der Waals surface area contributed by atoms with Crippen molar-refractivity contribution in [2.45, 2.75) is 57.5 Å². The Morgan fingerprint density at radius 2 is 1.92 bits per heavy atom. The van der Waals surface area contributed by atoms with Crippen molar-refractivity contribution in [3.63, 3.8) is 0 Å². The predicted octanol–water partition coefficient (Wildman–Crippen LogP) is 2.91. The average molecular weight is 343 g/mol. The molecule has 6 nitrogen and oxygen atoms in total. The first kappa shape index (κ1) is 16.8. The molecule has 6 heteroatoms. The van der Waals surface area contributed by atoms with Crippen LogP contribution in [-0.2, 0) is 4.74 Å². The molecule has 3 heterocycles. The Hall–Kier alpha value is -1.66. The molecule has 4 rings (SSSR count). The highest BCUT2D eigenvalue weighted by Crippen LogP contribution is 2.29. The summed E-state index contributed by atoms with van der Waals surface area (Å²) < 4.78 is 7.43. The summed E-state index contributed by atoms with van der Waals surface area (Å²) in [5.41, 5.74) is 2.44. The summed E-state index contributed by atoms with van der Waals surface area (Å²) >= 11 is 0. The predicted molar refractivity (Wildman–Crippen MR) is 99.1 cm³/mol. The van der Waals surface area contributed by atoms with Gasteiger partial charge in [0.05, 0.1) is 13.2 Å². The van der Waals surface area contributed by atoms with Gasteiger partial charge in [0.25, 0.3) is 0 Å². The van der Waals surface area contributed by atoms with E-state index in [9.17, 15) is 0 Å². The highest BCUT2D eigenvalue weighted by molar-refractivity contribution is 5.73. The van der Waals surface area contributed by atoms with Gasteiger partial charge in [-0.2, -0.15) is 5.10 Å². The molecule has 0 bridgehead atoms. The van der Waals surface area contributed by atoms with Crippen LogP contribution in [0.2, 0.25) is 0 Å². The highest BCUT2D eigenvalue weighted by atomic mass is 16.5. The van der Waals surface area contributed by atoms with E-state index in [1.165, 1.54) is 31.2 Å². The number of nitrogens with zero attached hydrogens (tertiary/aromatic N) is 4. The maximum atomic E-state index is 5.48. The molecule has 1 N–H and O–H groups in total. The second kappa shape index (κ2) is 7.30. The molecule has 1 aliphatic carbocycles. The standard InChI is InChI=1S/C19H29N5O/c1-14(2)17-7-8-24-18(17)19(20-13-21-24)22-15-3-5-16(6-4-15)23-9-11-25-12-10-23/h7-8,13-16H,3-6,9-12H2,1-2H3,(H,20,21,22). The van der Waals surface area contributed by atoms with Crippen molar-refractivity contribution >= 4 is 11.3 Å². The van der Waals surface area contributed by atoms with E-state index in [0.717, 1.165) is 43.7 Å². The Bertz CT molecular complexity index is 699. The van der Waals surface area contributed by atoms with Crippen molar-refractivity contribution in [3.8, 4) is 0 Å². The van der Waals surface area contributed by atoms with Crippen LogP contribution in [0.1, 0.15) is 51.0 Å². The Labute approximate surface area is 149 Å². The minimum atomic E-state index is 0.466. The van der Waals surface area contributed by atoms with Crippen LogP contribution in [0.4, 0.5) is 5.82 Å². The number of nitrogens with one attached hydrogen (secondary N) is 1. The summed E-state index contributed by atoms with van der Waals surface area (Å²) in [6.07, 6.45) is 8.62. The Morgan fingerprint density at radius 3 is 2.64 bits per heavy atom. The molecule has 25 heavy (non-hydrogen) atoms. The van der Waals surface area contributed by atoms with Crippen molar-refractivity contribution in [2.24, 2.45) is 0 Å². The minimum absolute atomic E-state index is 0.466. The monoisotopic (exact) mass is 343 g/mol. The van der Waals surface area contributed by atoms with Crippen LogP contribution in [0.5, 0.6) is 0 Å². The molecule has 0 radical (unpaired) electrons. The van der Waals surface area contributed by atoms with Crippen molar-refractivity contribution in [1.82, 2.24) is 19.5 Å². The topological polar surface area (TPSA) is 54.7 Å². The van der Waals surface area contributed by atoms with Crippen molar-refractivity contribution in [1.29, 1.82) is 0 Å². The second-order valence-corrected chi connectivity index (χ2v) is 7.63. The lowest BCUT2D eigenvalue weighted by Gasteiger charge is -2.39. The molecular weight excluding hydrogens is 314 g/mol. The Balaban J connectivity index is 1.43. The zero-order valence-corrected chi connectivity index (χ0v) is 15.3. The number of rotatable bonds is 4. The van der Waals surface area contributed by atoms with Crippen molar-refractivity contribution < 1.29 is 4.74 Å². The Kier molecular flexibility index (Phi) is 4.90. The molecule has 1 aliphatic heterocycles. The van der Waals surface area contributed by atoms with Gasteiger partial charge >= 0.3 is 0 Å². The van der Waals surface area contributed by atoms with E-state index in [1.54, 1.807) is 6.33 Å². The van der Waals surface area contributed by atoms with E-state index < -0.39 is 0 Å². The molecule has 136 valence electrons. The molecule has 1 saturated heterocycles. The molecule has 2 fully saturated rings. The highest BCUT2D eigenvalue weighted by Gasteiger charge is 2.27. The molecule has 2 aliphatic rings. The third-order valence-electron chi connectivity index (χ3n) is 5.71. The van der Waals surface area contributed by atoms with Crippen LogP contribution in [0.3, 0.4) is 0 Å². The summed E-state index contributed by atoms with van der Waals surface area (Å²) in [5, 5.41) is 8.07. The fourth-order valence-corrected chi connectivity index (χ4v) is 4.27. The zero-order chi connectivity index (χ0) is 17.2. The quantitative estimate of drug-likeness (QED) is 0.925. The summed E-state index contributed by atoms with van der Waals surface area (Å²) in [5.74, 6) is 1.45. The third-order valence-corrected chi connectivity index (χ3v) is 5.71. The molecule has 0 spiro atoms. The number of ether oxygens (including phenoxy) is 1. The van der Waals surface area contributed by atoms with Gasteiger partial charge in [-0.05, 0) is 43.2 Å². The maximum absolute atomic E-state index is 5.48. The van der Waals surface area contributed by atoms with Gasteiger partial charge in [0.1, 0.15) is 11.8 Å². The number of morpholine rings is 1. The lowest BCUT2D eigenvalue weighted by molar-refractivity contribution is 0.00791. The van der Waals surface area contributed by atoms with Crippen molar-refractivity contribution in [2.75, 3.05) is 31.6 Å². The van der Waals surface area contributed by atoms with Gasteiger partial charge in [-0.3, -0.25) is 4.90 Å². The number of hydrogen-bond donors (Lipinski definition) is 1. The molecule has 0 atom stereocenters. The minimum Gasteiger partial charge on any atom is -0.379 e. The van der Waals surface area contributed by atoms with Crippen LogP contribution in [0.15, 0.2) is 18.6 Å². The van der Waals surface area contributed by atoms with Crippen LogP contribution >= 0.6 is 0 Å². The van der Waals surface area contributed by atoms with E-state index in [1.807, 2.05) is 10.7 Å². The summed E-state index contributed by atoms with van der Waals surface area (Å²) in [6.45, 7) is 8.42. The summed E-state index contributed by atoms with van der Waals surface area (Å²) in [7, 11) is 0. The molecule has 0 unspecified atom stereocenters. The largest absolute Gasteiger partial charge is 0.379 e. The molecule has 0 amide bonds. The van der Waals surface area contributed by atoms with Gasteiger partial charge in [0.15, 0.2) is 5.82 Å². The molecule has 0 aromatic carbocycles. The summed E-state index contributed by atoms with van der Waals surface area (Å²) in [6, 6.07) is 3.40. The van der Waals surface area contributed by atoms with Crippen LogP contribution < -0.4 is 5.32 Å². The lowest BCUT2D eigenvalue weighted by Crippen LogP contribution is -2.46. The third kappa shape index (κ3) is 3.51. The molecule has 2 aromatic rings. The first-order valence-electron chi connectivity index (χ1n) is 9.63. The fourth-order valence-electron chi connectivity index (χ4n) is 4.27. The van der Waals surface area contributed by atoms with E-state index in [-0.39, 0.29) is 0 Å². The smallest absolute Gasteiger partial charge is 0.154 e. The van der Waals surface area contributed by atoms with Crippen LogP contribution in [-0.4, -0.2) is 57.9 Å². The molecule has 2 aromatic heterocycles. The van der Waals surface area contributed by atoms with E-state index in [2.05, 4.69) is 40.2 Å². The van der Waals surface area contributed by atoms with Gasteiger partial charge in [-0.15, -0.1) is 0 Å². The van der Waals surface area contributed by atoms with Crippen LogP contribution in [0, 0.1) is 0 Å². The summed E-state index contributed by atoms with van der Waals surface area (Å²) in [4.78, 5) is 7.17. The lowest BCUT2D eigenvalue weighted by atomic mass is 9.90. The normalized spacial score (nSPS) is 25.6. The first-order valence-corrected chi connectivity index (χ1v) is 9.63. The van der Waals surface area contributed by atoms with Crippen molar-refractivity contribution in [3.05, 3.63) is 24.2 Å². The number of fused-ring (bicyclic) bond motifs is 1. The first-order chi connectivity index (χ1) is 12.2. The number of hydrogen-bond acceptors (Lipinski definition) is 5. The second-order valence-electron chi connectivity index (χ2n) is 7.63. The van der Waals surface area contributed by atoms with Crippen LogP contribution in [0.25, 0.3) is 5.52 Å². The van der Waals surface area contributed by atoms with Gasteiger partial charge in [0, 0.05) is 31.4 Å².